The Morgan fingerprint density at radius 2 is 2.00 bits per heavy atom. The predicted octanol–water partition coefficient (Wildman–Crippen LogP) is 3.97. The van der Waals surface area contributed by atoms with Gasteiger partial charge >= 0.3 is 0 Å². The average molecular weight is 305 g/mol. The van der Waals surface area contributed by atoms with Gasteiger partial charge < -0.3 is 11.1 Å². The number of aromatic nitrogens is 1. The number of unbranched alkanes of at least 4 members (excludes halogenated alkanes) is 5. The first-order valence-electron chi connectivity index (χ1n) is 7.65. The molecule has 0 aliphatic rings. The van der Waals surface area contributed by atoms with Crippen LogP contribution >= 0.6 is 11.3 Å². The molecular formula is C16H23N3OS. The van der Waals surface area contributed by atoms with Crippen LogP contribution in [0.15, 0.2) is 18.2 Å². The summed E-state index contributed by atoms with van der Waals surface area (Å²) in [5.41, 5.74) is 7.20. The number of nitrogens with two attached hydrogens (primary N) is 1. The zero-order chi connectivity index (χ0) is 15.1. The van der Waals surface area contributed by atoms with Gasteiger partial charge in [-0.2, -0.15) is 0 Å². The monoisotopic (exact) mass is 305 g/mol. The van der Waals surface area contributed by atoms with Gasteiger partial charge in [-0.1, -0.05) is 50.4 Å². The summed E-state index contributed by atoms with van der Waals surface area (Å²) in [6, 6.07) is 5.51. The minimum Gasteiger partial charge on any atom is -0.375 e. The maximum Gasteiger partial charge on any atom is 0.251 e. The number of nitrogens with zero attached hydrogens (tertiary/aromatic N) is 1. The van der Waals surface area contributed by atoms with E-state index in [2.05, 4.69) is 17.2 Å². The molecule has 0 fully saturated rings. The van der Waals surface area contributed by atoms with Gasteiger partial charge in [0.2, 0.25) is 0 Å². The summed E-state index contributed by atoms with van der Waals surface area (Å²) in [5.74, 6) is -0.0163. The summed E-state index contributed by atoms with van der Waals surface area (Å²) in [5, 5.41) is 3.51. The normalized spacial score (nSPS) is 10.9. The van der Waals surface area contributed by atoms with Gasteiger partial charge in [0.1, 0.15) is 0 Å². The predicted molar refractivity (Wildman–Crippen MR) is 89.7 cm³/mol. The average Bonchev–Trinajstić information content (AvgIpc) is 2.85. The van der Waals surface area contributed by atoms with Crippen molar-refractivity contribution in [2.24, 2.45) is 0 Å². The molecule has 2 rings (SSSR count). The number of carbonyl (C=O) groups is 1. The van der Waals surface area contributed by atoms with Crippen molar-refractivity contribution in [2.45, 2.75) is 45.4 Å². The van der Waals surface area contributed by atoms with Crippen molar-refractivity contribution in [2.75, 3.05) is 12.3 Å². The number of thiazole rings is 1. The van der Waals surface area contributed by atoms with Crippen LogP contribution in [0.1, 0.15) is 55.8 Å². The van der Waals surface area contributed by atoms with E-state index in [0.29, 0.717) is 10.7 Å². The van der Waals surface area contributed by atoms with E-state index in [1.807, 2.05) is 12.1 Å². The third-order valence-corrected chi connectivity index (χ3v) is 4.33. The van der Waals surface area contributed by atoms with Crippen molar-refractivity contribution in [1.29, 1.82) is 0 Å². The van der Waals surface area contributed by atoms with E-state index < -0.39 is 0 Å². The van der Waals surface area contributed by atoms with Crippen molar-refractivity contribution >= 4 is 32.6 Å². The van der Waals surface area contributed by atoms with Crippen LogP contribution in [0.4, 0.5) is 5.13 Å². The molecule has 5 heteroatoms. The number of rotatable bonds is 8. The lowest BCUT2D eigenvalue weighted by Gasteiger charge is -2.05. The van der Waals surface area contributed by atoms with Crippen LogP contribution in [0, 0.1) is 0 Å². The van der Waals surface area contributed by atoms with Crippen LogP contribution in [0.25, 0.3) is 10.2 Å². The Labute approximate surface area is 129 Å². The van der Waals surface area contributed by atoms with Crippen LogP contribution in [0.2, 0.25) is 0 Å². The first-order chi connectivity index (χ1) is 10.2. The number of benzene rings is 1. The summed E-state index contributed by atoms with van der Waals surface area (Å²) in [6.45, 7) is 2.96. The van der Waals surface area contributed by atoms with Gasteiger partial charge in [0.25, 0.3) is 5.91 Å². The van der Waals surface area contributed by atoms with E-state index >= 15 is 0 Å². The molecule has 0 atom stereocenters. The maximum absolute atomic E-state index is 12.1. The number of hydrogen-bond donors (Lipinski definition) is 2. The lowest BCUT2D eigenvalue weighted by Crippen LogP contribution is -2.24. The molecule has 1 aromatic carbocycles. The van der Waals surface area contributed by atoms with Crippen LogP contribution in [-0.2, 0) is 0 Å². The molecular weight excluding hydrogens is 282 g/mol. The number of hydrogen-bond acceptors (Lipinski definition) is 4. The minimum atomic E-state index is -0.0163. The molecule has 114 valence electrons. The van der Waals surface area contributed by atoms with E-state index in [9.17, 15) is 4.79 Å². The topological polar surface area (TPSA) is 68.0 Å². The summed E-state index contributed by atoms with van der Waals surface area (Å²) >= 11 is 1.41. The molecule has 2 aromatic rings. The molecule has 1 aromatic heterocycles. The van der Waals surface area contributed by atoms with Crippen molar-refractivity contribution < 1.29 is 4.79 Å². The van der Waals surface area contributed by atoms with Crippen LogP contribution in [0.5, 0.6) is 0 Å². The van der Waals surface area contributed by atoms with E-state index in [1.165, 1.54) is 43.4 Å². The molecule has 21 heavy (non-hydrogen) atoms. The lowest BCUT2D eigenvalue weighted by atomic mass is 10.1. The Morgan fingerprint density at radius 1 is 1.24 bits per heavy atom. The van der Waals surface area contributed by atoms with Crippen LogP contribution in [-0.4, -0.2) is 17.4 Å². The van der Waals surface area contributed by atoms with E-state index in [0.717, 1.165) is 23.2 Å². The number of carbonyl (C=O) groups excluding carboxylic acids is 1. The third-order valence-electron chi connectivity index (χ3n) is 3.48. The van der Waals surface area contributed by atoms with E-state index in [-0.39, 0.29) is 5.91 Å². The van der Waals surface area contributed by atoms with Crippen LogP contribution in [0.3, 0.4) is 0 Å². The highest BCUT2D eigenvalue weighted by molar-refractivity contribution is 7.22. The smallest absolute Gasteiger partial charge is 0.251 e. The zero-order valence-electron chi connectivity index (χ0n) is 12.5. The Hall–Kier alpha value is -1.62. The van der Waals surface area contributed by atoms with Gasteiger partial charge in [0, 0.05) is 12.1 Å². The number of amides is 1. The summed E-state index contributed by atoms with van der Waals surface area (Å²) in [6.07, 6.45) is 7.37. The summed E-state index contributed by atoms with van der Waals surface area (Å²) < 4.78 is 0.958. The van der Waals surface area contributed by atoms with E-state index in [4.69, 9.17) is 5.73 Å². The number of nitrogens with one attached hydrogen (secondary N) is 1. The summed E-state index contributed by atoms with van der Waals surface area (Å²) in [7, 11) is 0. The Kier molecular flexibility index (Phi) is 5.99. The van der Waals surface area contributed by atoms with Gasteiger partial charge in [-0.05, 0) is 24.6 Å². The molecule has 0 saturated carbocycles. The molecule has 3 N–H and O–H groups in total. The number of fused-ring (bicyclic) bond motifs is 1. The SMILES string of the molecule is CCCCCCCCNC(=O)c1ccc2nc(N)sc2c1. The van der Waals surface area contributed by atoms with Crippen molar-refractivity contribution in [3.05, 3.63) is 23.8 Å². The molecule has 0 saturated heterocycles. The van der Waals surface area contributed by atoms with Gasteiger partial charge in [0.15, 0.2) is 5.13 Å². The second-order valence-electron chi connectivity index (χ2n) is 5.26. The fraction of sp³-hybridized carbons (Fsp3) is 0.500. The zero-order valence-corrected chi connectivity index (χ0v) is 13.3. The highest BCUT2D eigenvalue weighted by Gasteiger charge is 2.08. The van der Waals surface area contributed by atoms with Gasteiger partial charge in [-0.15, -0.1) is 0 Å². The largest absolute Gasteiger partial charge is 0.375 e. The maximum atomic E-state index is 12.1. The second kappa shape index (κ2) is 7.98. The molecule has 0 bridgehead atoms. The first-order valence-corrected chi connectivity index (χ1v) is 8.46. The fourth-order valence-electron chi connectivity index (χ4n) is 2.29. The molecule has 0 radical (unpaired) electrons. The number of anilines is 1. The Bertz CT molecular complexity index is 594. The minimum absolute atomic E-state index is 0.0163. The molecule has 1 amide bonds. The molecule has 0 spiro atoms. The Balaban J connectivity index is 1.76. The van der Waals surface area contributed by atoms with E-state index in [1.54, 1.807) is 6.07 Å². The van der Waals surface area contributed by atoms with Gasteiger partial charge in [0.05, 0.1) is 10.2 Å². The van der Waals surface area contributed by atoms with Crippen molar-refractivity contribution in [1.82, 2.24) is 10.3 Å². The standard InChI is InChI=1S/C16H23N3OS/c1-2-3-4-5-6-7-10-18-15(20)12-8-9-13-14(11-12)21-16(17)19-13/h8-9,11H,2-7,10H2,1H3,(H2,17,19)(H,18,20). The molecule has 1 heterocycles. The van der Waals surface area contributed by atoms with Crippen molar-refractivity contribution in [3.63, 3.8) is 0 Å². The second-order valence-corrected chi connectivity index (χ2v) is 6.32. The summed E-state index contributed by atoms with van der Waals surface area (Å²) in [4.78, 5) is 16.3. The highest BCUT2D eigenvalue weighted by atomic mass is 32.1. The quantitative estimate of drug-likeness (QED) is 0.725. The lowest BCUT2D eigenvalue weighted by molar-refractivity contribution is 0.0953. The molecule has 0 unspecified atom stereocenters. The molecule has 0 aliphatic heterocycles. The van der Waals surface area contributed by atoms with Crippen LogP contribution < -0.4 is 11.1 Å². The Morgan fingerprint density at radius 3 is 2.81 bits per heavy atom. The van der Waals surface area contributed by atoms with Gasteiger partial charge in [-0.3, -0.25) is 4.79 Å². The first kappa shape index (κ1) is 15.8. The number of nitrogen functional groups attached to an aromatic ring is 1. The molecule has 4 nitrogen and oxygen atoms in total. The third kappa shape index (κ3) is 4.70. The van der Waals surface area contributed by atoms with Gasteiger partial charge in [-0.25, -0.2) is 4.98 Å². The molecule has 0 aliphatic carbocycles. The highest BCUT2D eigenvalue weighted by Crippen LogP contribution is 2.24. The van der Waals surface area contributed by atoms with Crippen molar-refractivity contribution in [3.8, 4) is 0 Å². The fourth-order valence-corrected chi connectivity index (χ4v) is 3.07.